The first kappa shape index (κ1) is 18.2. The molecule has 2 N–H and O–H groups in total. The lowest BCUT2D eigenvalue weighted by Gasteiger charge is -2.10. The first-order chi connectivity index (χ1) is 13.3. The zero-order valence-electron chi connectivity index (χ0n) is 15.5. The van der Waals surface area contributed by atoms with Crippen molar-refractivity contribution in [2.45, 2.75) is 36.8 Å². The van der Waals surface area contributed by atoms with Crippen molar-refractivity contribution in [3.05, 3.63) is 63.7 Å². The first-order valence-electron chi connectivity index (χ1n) is 8.89. The number of pyridine rings is 1. The van der Waals surface area contributed by atoms with Crippen LogP contribution in [-0.2, 0) is 9.73 Å². The number of H-pyrrole nitrogens is 1. The molecule has 3 aromatic rings. The number of hydrogen-bond donors (Lipinski definition) is 2. The van der Waals surface area contributed by atoms with Gasteiger partial charge in [-0.05, 0) is 56.0 Å². The molecule has 0 amide bonds. The lowest BCUT2D eigenvalue weighted by Crippen LogP contribution is -2.18. The Morgan fingerprint density at radius 2 is 1.96 bits per heavy atom. The van der Waals surface area contributed by atoms with Crippen LogP contribution in [0.2, 0.25) is 0 Å². The van der Waals surface area contributed by atoms with Gasteiger partial charge in [0.1, 0.15) is 0 Å². The molecule has 1 aliphatic carbocycles. The Morgan fingerprint density at radius 3 is 2.54 bits per heavy atom. The summed E-state index contributed by atoms with van der Waals surface area (Å²) in [5, 5.41) is 11.9. The van der Waals surface area contributed by atoms with E-state index in [0.717, 1.165) is 12.8 Å². The van der Waals surface area contributed by atoms with Gasteiger partial charge in [-0.25, -0.2) is 18.7 Å². The molecular formula is C20H19N5O2S. The molecule has 1 aliphatic rings. The van der Waals surface area contributed by atoms with E-state index in [9.17, 15) is 9.00 Å². The van der Waals surface area contributed by atoms with E-state index in [1.807, 2.05) is 0 Å². The monoisotopic (exact) mass is 393 g/mol. The van der Waals surface area contributed by atoms with Gasteiger partial charge in [-0.1, -0.05) is 12.1 Å². The minimum atomic E-state index is -2.84. The molecule has 0 spiro atoms. The van der Waals surface area contributed by atoms with Crippen molar-refractivity contribution in [3.63, 3.8) is 0 Å². The minimum absolute atomic E-state index is 0.0858. The fourth-order valence-corrected chi connectivity index (χ4v) is 5.21. The first-order valence-corrected chi connectivity index (χ1v) is 10.5. The molecule has 0 saturated heterocycles. The molecule has 1 saturated carbocycles. The van der Waals surface area contributed by atoms with E-state index < -0.39 is 9.73 Å². The van der Waals surface area contributed by atoms with Crippen molar-refractivity contribution in [1.29, 1.82) is 10.0 Å². The number of aryl methyl sites for hydroxylation is 2. The van der Waals surface area contributed by atoms with E-state index in [1.165, 1.54) is 10.9 Å². The van der Waals surface area contributed by atoms with Crippen LogP contribution in [0.3, 0.4) is 0 Å². The topological polar surface area (TPSA) is 115 Å². The predicted octanol–water partition coefficient (Wildman–Crippen LogP) is 3.28. The molecule has 1 unspecified atom stereocenters. The summed E-state index contributed by atoms with van der Waals surface area (Å²) in [4.78, 5) is 17.7. The summed E-state index contributed by atoms with van der Waals surface area (Å²) < 4.78 is 22.3. The number of hydrogen-bond acceptors (Lipinski definition) is 5. The molecule has 2 aromatic heterocycles. The largest absolute Gasteiger partial charge is 0.293 e. The van der Waals surface area contributed by atoms with Gasteiger partial charge in [-0.2, -0.15) is 5.26 Å². The molecule has 142 valence electrons. The average molecular weight is 393 g/mol. The van der Waals surface area contributed by atoms with Crippen LogP contribution in [0.1, 0.15) is 29.7 Å². The van der Waals surface area contributed by atoms with Gasteiger partial charge in [0, 0.05) is 17.1 Å². The maximum Gasteiger partial charge on any atom is 0.280 e. The Kier molecular flexibility index (Phi) is 4.20. The zero-order valence-corrected chi connectivity index (χ0v) is 16.3. The van der Waals surface area contributed by atoms with Gasteiger partial charge in [0.2, 0.25) is 0 Å². The second-order valence-electron chi connectivity index (χ2n) is 7.05. The van der Waals surface area contributed by atoms with Crippen molar-refractivity contribution in [2.24, 2.45) is 0 Å². The summed E-state index contributed by atoms with van der Waals surface area (Å²) in [5.74, 6) is 0.389. The second-order valence-corrected chi connectivity index (χ2v) is 9.36. The third-order valence-corrected chi connectivity index (χ3v) is 7.46. The van der Waals surface area contributed by atoms with E-state index in [-0.39, 0.29) is 10.8 Å². The van der Waals surface area contributed by atoms with Gasteiger partial charge in [0.25, 0.3) is 5.56 Å². The summed E-state index contributed by atoms with van der Waals surface area (Å²) >= 11 is 0. The molecule has 1 aromatic carbocycles. The summed E-state index contributed by atoms with van der Waals surface area (Å²) in [5.41, 5.74) is 2.87. The van der Waals surface area contributed by atoms with Gasteiger partial charge in [0.15, 0.2) is 5.82 Å². The molecule has 2 heterocycles. The van der Waals surface area contributed by atoms with E-state index in [4.69, 9.17) is 10.0 Å². The van der Waals surface area contributed by atoms with E-state index >= 15 is 0 Å². The summed E-state index contributed by atoms with van der Waals surface area (Å²) in [6.45, 7) is 3.59. The lowest BCUT2D eigenvalue weighted by molar-refractivity contribution is 0.672. The number of nitriles is 1. The third-order valence-electron chi connectivity index (χ3n) is 4.97. The van der Waals surface area contributed by atoms with Gasteiger partial charge in [0.05, 0.1) is 31.8 Å². The molecule has 4 rings (SSSR count). The fraction of sp³-hybridized carbons (Fsp3) is 0.250. The molecular weight excluding hydrogens is 374 g/mol. The maximum atomic E-state index is 13.0. The standard InChI is InChI=1S/C20H19N5O2S/c1-12-9-18(23-11-17(12)28(22,27)16-7-8-16)25-20(26)19(13(2)24-25)15-5-3-14(10-21)4-6-15/h3-6,9,11,16,22,24H,7-8H2,1-2H3. The smallest absolute Gasteiger partial charge is 0.280 e. The molecule has 1 fully saturated rings. The molecule has 0 aliphatic heterocycles. The van der Waals surface area contributed by atoms with Crippen molar-refractivity contribution in [2.75, 3.05) is 0 Å². The SMILES string of the molecule is Cc1cc(-n2[nH]c(C)c(-c3ccc(C#N)cc3)c2=O)ncc1S(=N)(=O)C1CC1. The van der Waals surface area contributed by atoms with E-state index in [1.54, 1.807) is 44.2 Å². The van der Waals surface area contributed by atoms with Crippen molar-refractivity contribution in [1.82, 2.24) is 14.8 Å². The van der Waals surface area contributed by atoms with Crippen LogP contribution >= 0.6 is 0 Å². The molecule has 0 bridgehead atoms. The van der Waals surface area contributed by atoms with Crippen LogP contribution in [0.25, 0.3) is 16.9 Å². The highest BCUT2D eigenvalue weighted by atomic mass is 32.2. The number of nitrogens with zero attached hydrogens (tertiary/aromatic N) is 3. The Bertz CT molecular complexity index is 1270. The fourth-order valence-electron chi connectivity index (χ4n) is 3.31. The molecule has 28 heavy (non-hydrogen) atoms. The number of benzene rings is 1. The lowest BCUT2D eigenvalue weighted by atomic mass is 10.1. The van der Waals surface area contributed by atoms with E-state index in [2.05, 4.69) is 16.2 Å². The quantitative estimate of drug-likeness (QED) is 0.707. The highest BCUT2D eigenvalue weighted by molar-refractivity contribution is 7.93. The maximum absolute atomic E-state index is 13.0. The molecule has 8 heteroatoms. The number of rotatable bonds is 4. The van der Waals surface area contributed by atoms with Crippen LogP contribution < -0.4 is 5.56 Å². The van der Waals surface area contributed by atoms with Crippen molar-refractivity contribution >= 4 is 9.73 Å². The zero-order chi connectivity index (χ0) is 20.1. The Balaban J connectivity index is 1.77. The Hall–Kier alpha value is -3.18. The summed E-state index contributed by atoms with van der Waals surface area (Å²) in [7, 11) is -2.84. The highest BCUT2D eigenvalue weighted by Gasteiger charge is 2.35. The minimum Gasteiger partial charge on any atom is -0.293 e. The van der Waals surface area contributed by atoms with Crippen molar-refractivity contribution in [3.8, 4) is 23.0 Å². The normalized spacial score (nSPS) is 15.8. The Labute approximate surface area is 162 Å². The number of aromatic nitrogens is 3. The summed E-state index contributed by atoms with van der Waals surface area (Å²) in [6, 6.07) is 10.6. The predicted molar refractivity (Wildman–Crippen MR) is 106 cm³/mol. The van der Waals surface area contributed by atoms with Crippen LogP contribution in [-0.4, -0.2) is 24.2 Å². The van der Waals surface area contributed by atoms with Crippen LogP contribution in [0.5, 0.6) is 0 Å². The van der Waals surface area contributed by atoms with Gasteiger partial charge in [-0.15, -0.1) is 0 Å². The average Bonchev–Trinajstić information content (AvgIpc) is 3.48. The highest BCUT2D eigenvalue weighted by Crippen LogP contribution is 2.35. The second kappa shape index (κ2) is 6.46. The third kappa shape index (κ3) is 2.94. The number of aromatic amines is 1. The van der Waals surface area contributed by atoms with Gasteiger partial charge >= 0.3 is 0 Å². The van der Waals surface area contributed by atoms with E-state index in [0.29, 0.717) is 38.7 Å². The molecule has 0 radical (unpaired) electrons. The van der Waals surface area contributed by atoms with Crippen LogP contribution in [0.4, 0.5) is 0 Å². The summed E-state index contributed by atoms with van der Waals surface area (Å²) in [6.07, 6.45) is 3.09. The van der Waals surface area contributed by atoms with Crippen molar-refractivity contribution < 1.29 is 4.21 Å². The Morgan fingerprint density at radius 1 is 1.29 bits per heavy atom. The van der Waals surface area contributed by atoms with Crippen LogP contribution in [0, 0.1) is 30.0 Å². The number of nitrogens with one attached hydrogen (secondary N) is 2. The molecule has 1 atom stereocenters. The van der Waals surface area contributed by atoms with Gasteiger partial charge < -0.3 is 0 Å². The van der Waals surface area contributed by atoms with Crippen LogP contribution in [0.15, 0.2) is 46.2 Å². The van der Waals surface area contributed by atoms with Gasteiger partial charge in [-0.3, -0.25) is 9.89 Å². The molecule has 7 nitrogen and oxygen atoms in total.